The van der Waals surface area contributed by atoms with Gasteiger partial charge in [-0.15, -0.1) is 0 Å². The van der Waals surface area contributed by atoms with Gasteiger partial charge in [0.2, 0.25) is 0 Å². The van der Waals surface area contributed by atoms with Crippen molar-refractivity contribution >= 4 is 21.6 Å². The first-order valence-electron chi connectivity index (χ1n) is 8.60. The van der Waals surface area contributed by atoms with Crippen LogP contribution in [0.15, 0.2) is 41.3 Å². The molecular weight excluding hydrogens is 368 g/mol. The molecule has 0 radical (unpaired) electrons. The van der Waals surface area contributed by atoms with E-state index < -0.39 is 10.0 Å². The van der Waals surface area contributed by atoms with Crippen LogP contribution >= 0.6 is 0 Å². The van der Waals surface area contributed by atoms with E-state index in [4.69, 9.17) is 9.47 Å². The lowest BCUT2D eigenvalue weighted by atomic mass is 10.1. The zero-order chi connectivity index (χ0) is 19.6. The maximum absolute atomic E-state index is 12.9. The van der Waals surface area contributed by atoms with Gasteiger partial charge in [0.25, 0.3) is 15.9 Å². The molecule has 2 aromatic rings. The first-order valence-corrected chi connectivity index (χ1v) is 10.1. The Morgan fingerprint density at radius 2 is 2.00 bits per heavy atom. The third-order valence-corrected chi connectivity index (χ3v) is 5.58. The molecule has 8 heteroatoms. The average molecular weight is 390 g/mol. The highest BCUT2D eigenvalue weighted by molar-refractivity contribution is 7.92. The number of carbonyl (C=O) groups excluding carboxylic acids is 1. The molecule has 0 aromatic heterocycles. The van der Waals surface area contributed by atoms with Crippen LogP contribution in [0.3, 0.4) is 0 Å². The Labute approximate surface area is 158 Å². The number of nitrogens with one attached hydrogen (secondary N) is 1. The van der Waals surface area contributed by atoms with Gasteiger partial charge in [-0.05, 0) is 49.7 Å². The number of nitrogens with zero attached hydrogens (tertiary/aromatic N) is 1. The van der Waals surface area contributed by atoms with Gasteiger partial charge in [0.15, 0.2) is 0 Å². The number of carbonyl (C=O) groups is 1. The highest BCUT2D eigenvalue weighted by Crippen LogP contribution is 2.30. The summed E-state index contributed by atoms with van der Waals surface area (Å²) < 4.78 is 39.4. The molecule has 1 N–H and O–H groups in total. The first-order chi connectivity index (χ1) is 12.8. The summed E-state index contributed by atoms with van der Waals surface area (Å²) in [6.45, 7) is 4.81. The van der Waals surface area contributed by atoms with Gasteiger partial charge in [-0.2, -0.15) is 0 Å². The number of hydrogen-bond acceptors (Lipinski definition) is 5. The van der Waals surface area contributed by atoms with E-state index in [0.29, 0.717) is 31.1 Å². The Hall–Kier alpha value is -2.74. The second-order valence-corrected chi connectivity index (χ2v) is 7.93. The van der Waals surface area contributed by atoms with Gasteiger partial charge in [-0.3, -0.25) is 9.52 Å². The third kappa shape index (κ3) is 4.00. The molecule has 0 spiro atoms. The van der Waals surface area contributed by atoms with Gasteiger partial charge in [0, 0.05) is 12.7 Å². The number of sulfonamides is 1. The van der Waals surface area contributed by atoms with E-state index in [2.05, 4.69) is 4.72 Å². The number of fused-ring (bicyclic) bond motifs is 1. The van der Waals surface area contributed by atoms with Crippen LogP contribution in [0.5, 0.6) is 11.5 Å². The standard InChI is InChI=1S/C19H22N2O5S/c1-4-25-17-7-5-13(2)11-18(17)27(23,24)20-14-6-8-16-15(12-14)19(22)21(3)9-10-26-16/h5-8,11-12,20H,4,9-10H2,1-3H3. The zero-order valence-corrected chi connectivity index (χ0v) is 16.3. The minimum absolute atomic E-state index is 0.0546. The Morgan fingerprint density at radius 1 is 1.22 bits per heavy atom. The lowest BCUT2D eigenvalue weighted by Crippen LogP contribution is -2.27. The van der Waals surface area contributed by atoms with Crippen LogP contribution in [-0.2, 0) is 10.0 Å². The van der Waals surface area contributed by atoms with Gasteiger partial charge in [-0.1, -0.05) is 6.07 Å². The molecule has 3 rings (SSSR count). The summed E-state index contributed by atoms with van der Waals surface area (Å²) in [5, 5.41) is 0. The lowest BCUT2D eigenvalue weighted by molar-refractivity contribution is 0.0796. The Kier molecular flexibility index (Phi) is 5.27. The largest absolute Gasteiger partial charge is 0.492 e. The number of amides is 1. The van der Waals surface area contributed by atoms with Crippen molar-refractivity contribution in [2.24, 2.45) is 0 Å². The molecule has 0 bridgehead atoms. The van der Waals surface area contributed by atoms with Crippen LogP contribution in [0.4, 0.5) is 5.69 Å². The van der Waals surface area contributed by atoms with Crippen LogP contribution in [0.2, 0.25) is 0 Å². The van der Waals surface area contributed by atoms with Crippen molar-refractivity contribution in [3.8, 4) is 11.5 Å². The highest BCUT2D eigenvalue weighted by Gasteiger charge is 2.24. The molecule has 1 heterocycles. The summed E-state index contributed by atoms with van der Waals surface area (Å²) in [5.74, 6) is 0.511. The molecule has 1 aliphatic heterocycles. The molecule has 27 heavy (non-hydrogen) atoms. The molecular formula is C19H22N2O5S. The van der Waals surface area contributed by atoms with Crippen molar-refractivity contribution < 1.29 is 22.7 Å². The predicted molar refractivity (Wildman–Crippen MR) is 102 cm³/mol. The Morgan fingerprint density at radius 3 is 2.74 bits per heavy atom. The summed E-state index contributed by atoms with van der Waals surface area (Å²) in [5.41, 5.74) is 1.40. The van der Waals surface area contributed by atoms with E-state index >= 15 is 0 Å². The van der Waals surface area contributed by atoms with E-state index in [0.717, 1.165) is 5.56 Å². The predicted octanol–water partition coefficient (Wildman–Crippen LogP) is 2.66. The third-order valence-electron chi connectivity index (χ3n) is 4.18. The van der Waals surface area contributed by atoms with Crippen molar-refractivity contribution in [1.29, 1.82) is 0 Å². The molecule has 144 valence electrons. The van der Waals surface area contributed by atoms with Crippen LogP contribution in [-0.4, -0.2) is 46.0 Å². The molecule has 2 aromatic carbocycles. The number of ether oxygens (including phenoxy) is 2. The zero-order valence-electron chi connectivity index (χ0n) is 15.5. The number of likely N-dealkylation sites (N-methyl/N-ethyl adjacent to an activating group) is 1. The van der Waals surface area contributed by atoms with Crippen molar-refractivity contribution in [1.82, 2.24) is 4.90 Å². The summed E-state index contributed by atoms with van der Waals surface area (Å²) in [6, 6.07) is 9.65. The maximum atomic E-state index is 12.9. The smallest absolute Gasteiger partial charge is 0.265 e. The number of benzene rings is 2. The molecule has 7 nitrogen and oxygen atoms in total. The lowest BCUT2D eigenvalue weighted by Gasteiger charge is -2.15. The molecule has 1 aliphatic rings. The normalized spacial score (nSPS) is 14.2. The Bertz CT molecular complexity index is 972. The van der Waals surface area contributed by atoms with Crippen LogP contribution in [0, 0.1) is 6.92 Å². The first kappa shape index (κ1) is 19.0. The van der Waals surface area contributed by atoms with Crippen LogP contribution in [0.25, 0.3) is 0 Å². The van der Waals surface area contributed by atoms with E-state index in [1.807, 2.05) is 6.92 Å². The topological polar surface area (TPSA) is 84.9 Å². The SMILES string of the molecule is CCOc1ccc(C)cc1S(=O)(=O)Nc1ccc2c(c1)C(=O)N(C)CCO2. The fourth-order valence-electron chi connectivity index (χ4n) is 2.80. The van der Waals surface area contributed by atoms with Gasteiger partial charge in [0.1, 0.15) is 23.0 Å². The number of rotatable bonds is 5. The average Bonchev–Trinajstić information content (AvgIpc) is 2.76. The summed E-state index contributed by atoms with van der Waals surface area (Å²) in [6.07, 6.45) is 0. The minimum Gasteiger partial charge on any atom is -0.492 e. The van der Waals surface area contributed by atoms with Crippen molar-refractivity contribution in [3.05, 3.63) is 47.5 Å². The van der Waals surface area contributed by atoms with E-state index in [9.17, 15) is 13.2 Å². The molecule has 1 amide bonds. The summed E-state index contributed by atoms with van der Waals surface area (Å²) >= 11 is 0. The van der Waals surface area contributed by atoms with E-state index in [-0.39, 0.29) is 22.2 Å². The van der Waals surface area contributed by atoms with Crippen molar-refractivity contribution in [2.45, 2.75) is 18.7 Å². The minimum atomic E-state index is -3.90. The van der Waals surface area contributed by atoms with Crippen LogP contribution in [0.1, 0.15) is 22.8 Å². The quantitative estimate of drug-likeness (QED) is 0.848. The van der Waals surface area contributed by atoms with Crippen molar-refractivity contribution in [2.75, 3.05) is 31.5 Å². The maximum Gasteiger partial charge on any atom is 0.265 e. The molecule has 0 saturated carbocycles. The molecule has 0 aliphatic carbocycles. The van der Waals surface area contributed by atoms with E-state index in [1.54, 1.807) is 44.3 Å². The monoisotopic (exact) mass is 390 g/mol. The van der Waals surface area contributed by atoms with Gasteiger partial charge >= 0.3 is 0 Å². The number of anilines is 1. The second-order valence-electron chi connectivity index (χ2n) is 6.27. The number of aryl methyl sites for hydroxylation is 1. The van der Waals surface area contributed by atoms with Gasteiger partial charge in [-0.25, -0.2) is 8.42 Å². The van der Waals surface area contributed by atoms with E-state index in [1.165, 1.54) is 11.0 Å². The number of hydrogen-bond donors (Lipinski definition) is 1. The Balaban J connectivity index is 1.97. The second kappa shape index (κ2) is 7.48. The van der Waals surface area contributed by atoms with Crippen LogP contribution < -0.4 is 14.2 Å². The molecule has 0 atom stereocenters. The molecule has 0 saturated heterocycles. The van der Waals surface area contributed by atoms with Gasteiger partial charge in [0.05, 0.1) is 18.7 Å². The van der Waals surface area contributed by atoms with Crippen molar-refractivity contribution in [3.63, 3.8) is 0 Å². The highest BCUT2D eigenvalue weighted by atomic mass is 32.2. The molecule has 0 fully saturated rings. The fraction of sp³-hybridized carbons (Fsp3) is 0.316. The summed E-state index contributed by atoms with van der Waals surface area (Å²) in [4.78, 5) is 14.1. The molecule has 0 unspecified atom stereocenters. The summed E-state index contributed by atoms with van der Waals surface area (Å²) in [7, 11) is -2.22. The fourth-order valence-corrected chi connectivity index (χ4v) is 4.08. The van der Waals surface area contributed by atoms with Gasteiger partial charge < -0.3 is 14.4 Å².